The molecule has 1 aromatic carbocycles. The van der Waals surface area contributed by atoms with Crippen LogP contribution in [0.5, 0.6) is 17.2 Å². The standard InChI is InChI=1S/C11H12O4/c1-12-9-3-7(2-8-5-13-8)4-10-11(9)15-6-14-10/h3-4,8H,2,5-6H2,1H3. The Bertz CT molecular complexity index is 384. The van der Waals surface area contributed by atoms with Crippen LogP contribution in [0.4, 0.5) is 0 Å². The number of methoxy groups -OCH3 is 1. The number of epoxide rings is 1. The lowest BCUT2D eigenvalue weighted by Gasteiger charge is -2.07. The molecule has 2 heterocycles. The average Bonchev–Trinajstić information content (AvgIpc) is 2.93. The van der Waals surface area contributed by atoms with Crippen molar-refractivity contribution >= 4 is 0 Å². The zero-order valence-corrected chi connectivity index (χ0v) is 8.49. The summed E-state index contributed by atoms with van der Waals surface area (Å²) in [5.41, 5.74) is 1.17. The van der Waals surface area contributed by atoms with Crippen LogP contribution < -0.4 is 14.2 Å². The third-order valence-corrected chi connectivity index (χ3v) is 2.58. The molecule has 0 aromatic heterocycles. The molecule has 80 valence electrons. The van der Waals surface area contributed by atoms with Gasteiger partial charge in [0.25, 0.3) is 0 Å². The SMILES string of the molecule is COc1cc(CC2CO2)cc2c1OCO2. The van der Waals surface area contributed by atoms with Gasteiger partial charge in [0.15, 0.2) is 11.5 Å². The second kappa shape index (κ2) is 3.31. The second-order valence-electron chi connectivity index (χ2n) is 3.69. The second-order valence-corrected chi connectivity index (χ2v) is 3.69. The monoisotopic (exact) mass is 208 g/mol. The highest BCUT2D eigenvalue weighted by molar-refractivity contribution is 5.55. The molecule has 1 fully saturated rings. The zero-order valence-electron chi connectivity index (χ0n) is 8.49. The molecular weight excluding hydrogens is 196 g/mol. The molecule has 15 heavy (non-hydrogen) atoms. The molecule has 0 radical (unpaired) electrons. The van der Waals surface area contributed by atoms with Gasteiger partial charge < -0.3 is 18.9 Å². The van der Waals surface area contributed by atoms with Gasteiger partial charge in [0.05, 0.1) is 19.8 Å². The Hall–Kier alpha value is -1.42. The van der Waals surface area contributed by atoms with Crippen LogP contribution >= 0.6 is 0 Å². The van der Waals surface area contributed by atoms with Crippen molar-refractivity contribution in [3.63, 3.8) is 0 Å². The average molecular weight is 208 g/mol. The van der Waals surface area contributed by atoms with Crippen molar-refractivity contribution in [1.29, 1.82) is 0 Å². The quantitative estimate of drug-likeness (QED) is 0.703. The van der Waals surface area contributed by atoms with Gasteiger partial charge in [0.2, 0.25) is 12.5 Å². The van der Waals surface area contributed by atoms with Crippen LogP contribution in [-0.4, -0.2) is 26.6 Å². The summed E-state index contributed by atoms with van der Waals surface area (Å²) in [7, 11) is 1.63. The van der Waals surface area contributed by atoms with Crippen LogP contribution in [0, 0.1) is 0 Å². The molecule has 0 spiro atoms. The molecular formula is C11H12O4. The number of fused-ring (bicyclic) bond motifs is 1. The lowest BCUT2D eigenvalue weighted by atomic mass is 10.1. The number of hydrogen-bond acceptors (Lipinski definition) is 4. The fourth-order valence-corrected chi connectivity index (χ4v) is 1.75. The molecule has 1 saturated heterocycles. The van der Waals surface area contributed by atoms with Gasteiger partial charge in [-0.15, -0.1) is 0 Å². The summed E-state index contributed by atoms with van der Waals surface area (Å²) in [6.45, 7) is 1.13. The maximum atomic E-state index is 5.34. The summed E-state index contributed by atoms with van der Waals surface area (Å²) in [5.74, 6) is 2.21. The largest absolute Gasteiger partial charge is 0.493 e. The third-order valence-electron chi connectivity index (χ3n) is 2.58. The zero-order chi connectivity index (χ0) is 10.3. The van der Waals surface area contributed by atoms with Crippen LogP contribution in [0.15, 0.2) is 12.1 Å². The maximum absolute atomic E-state index is 5.34. The molecule has 2 aliphatic heterocycles. The fourth-order valence-electron chi connectivity index (χ4n) is 1.75. The summed E-state index contributed by atoms with van der Waals surface area (Å²) in [5, 5.41) is 0. The van der Waals surface area contributed by atoms with Gasteiger partial charge in [-0.1, -0.05) is 0 Å². The van der Waals surface area contributed by atoms with Crippen LogP contribution in [0.1, 0.15) is 5.56 Å². The smallest absolute Gasteiger partial charge is 0.231 e. The topological polar surface area (TPSA) is 40.2 Å². The molecule has 4 heteroatoms. The van der Waals surface area contributed by atoms with E-state index in [1.54, 1.807) is 7.11 Å². The third kappa shape index (κ3) is 1.61. The molecule has 0 saturated carbocycles. The summed E-state index contributed by atoms with van der Waals surface area (Å²) < 4.78 is 21.1. The molecule has 0 amide bonds. The van der Waals surface area contributed by atoms with Crippen LogP contribution in [0.2, 0.25) is 0 Å². The molecule has 0 N–H and O–H groups in total. The van der Waals surface area contributed by atoms with Gasteiger partial charge in [0.1, 0.15) is 0 Å². The van der Waals surface area contributed by atoms with Gasteiger partial charge >= 0.3 is 0 Å². The van der Waals surface area contributed by atoms with E-state index >= 15 is 0 Å². The minimum atomic E-state index is 0.273. The van der Waals surface area contributed by atoms with Crippen molar-refractivity contribution < 1.29 is 18.9 Å². The van der Waals surface area contributed by atoms with Gasteiger partial charge in [0, 0.05) is 6.42 Å². The van der Waals surface area contributed by atoms with Crippen LogP contribution in [-0.2, 0) is 11.2 Å². The van der Waals surface area contributed by atoms with Crippen molar-refractivity contribution in [2.45, 2.75) is 12.5 Å². The predicted octanol–water partition coefficient (Wildman–Crippen LogP) is 1.37. The van der Waals surface area contributed by atoms with E-state index in [1.165, 1.54) is 5.56 Å². The first-order chi connectivity index (χ1) is 7.36. The van der Waals surface area contributed by atoms with Crippen molar-refractivity contribution in [3.8, 4) is 17.2 Å². The first-order valence-corrected chi connectivity index (χ1v) is 4.95. The van der Waals surface area contributed by atoms with Gasteiger partial charge in [-0.05, 0) is 17.7 Å². The fraction of sp³-hybridized carbons (Fsp3) is 0.455. The molecule has 4 nitrogen and oxygen atoms in total. The van der Waals surface area contributed by atoms with Crippen LogP contribution in [0.25, 0.3) is 0 Å². The Kier molecular flexibility index (Phi) is 1.95. The van der Waals surface area contributed by atoms with E-state index < -0.39 is 0 Å². The lowest BCUT2D eigenvalue weighted by Crippen LogP contribution is -1.94. The predicted molar refractivity (Wildman–Crippen MR) is 52.6 cm³/mol. The molecule has 2 aliphatic rings. The summed E-state index contributed by atoms with van der Waals surface area (Å²) in [6.07, 6.45) is 1.28. The minimum absolute atomic E-state index is 0.273. The molecule has 1 atom stereocenters. The van der Waals surface area contributed by atoms with E-state index in [0.717, 1.165) is 24.5 Å². The van der Waals surface area contributed by atoms with E-state index in [4.69, 9.17) is 18.9 Å². The first-order valence-electron chi connectivity index (χ1n) is 4.95. The highest BCUT2D eigenvalue weighted by Gasteiger charge is 2.25. The van der Waals surface area contributed by atoms with E-state index in [1.807, 2.05) is 12.1 Å². The number of rotatable bonds is 3. The Morgan fingerprint density at radius 2 is 2.27 bits per heavy atom. The Morgan fingerprint density at radius 3 is 3.00 bits per heavy atom. The number of ether oxygens (including phenoxy) is 4. The van der Waals surface area contributed by atoms with E-state index in [0.29, 0.717) is 11.9 Å². The van der Waals surface area contributed by atoms with Crippen molar-refractivity contribution in [3.05, 3.63) is 17.7 Å². The van der Waals surface area contributed by atoms with E-state index in [9.17, 15) is 0 Å². The Morgan fingerprint density at radius 1 is 1.40 bits per heavy atom. The summed E-state index contributed by atoms with van der Waals surface area (Å²) >= 11 is 0. The van der Waals surface area contributed by atoms with Crippen molar-refractivity contribution in [2.24, 2.45) is 0 Å². The van der Waals surface area contributed by atoms with Gasteiger partial charge in [-0.2, -0.15) is 0 Å². The lowest BCUT2D eigenvalue weighted by molar-refractivity contribution is 0.171. The Labute approximate surface area is 87.7 Å². The number of benzene rings is 1. The first kappa shape index (κ1) is 8.85. The molecule has 1 unspecified atom stereocenters. The van der Waals surface area contributed by atoms with Crippen LogP contribution in [0.3, 0.4) is 0 Å². The van der Waals surface area contributed by atoms with Crippen molar-refractivity contribution in [2.75, 3.05) is 20.5 Å². The molecule has 0 aliphatic carbocycles. The summed E-state index contributed by atoms with van der Waals surface area (Å²) in [6, 6.07) is 3.97. The maximum Gasteiger partial charge on any atom is 0.231 e. The summed E-state index contributed by atoms with van der Waals surface area (Å²) in [4.78, 5) is 0. The van der Waals surface area contributed by atoms with Gasteiger partial charge in [-0.3, -0.25) is 0 Å². The molecule has 0 bridgehead atoms. The minimum Gasteiger partial charge on any atom is -0.493 e. The van der Waals surface area contributed by atoms with Gasteiger partial charge in [-0.25, -0.2) is 0 Å². The van der Waals surface area contributed by atoms with Crippen molar-refractivity contribution in [1.82, 2.24) is 0 Å². The number of hydrogen-bond donors (Lipinski definition) is 0. The molecule has 1 aromatic rings. The van der Waals surface area contributed by atoms with E-state index in [2.05, 4.69) is 0 Å². The highest BCUT2D eigenvalue weighted by Crippen LogP contribution is 2.42. The van der Waals surface area contributed by atoms with E-state index in [-0.39, 0.29) is 6.79 Å². The highest BCUT2D eigenvalue weighted by atomic mass is 16.7. The normalized spacial score (nSPS) is 21.5. The molecule has 3 rings (SSSR count). The Balaban J connectivity index is 1.94.